The number of hydrogen-bond acceptors (Lipinski definition) is 4. The van der Waals surface area contributed by atoms with Crippen LogP contribution in [0.1, 0.15) is 19.3 Å². The molecule has 14 heavy (non-hydrogen) atoms. The number of methoxy groups -OCH3 is 1. The third-order valence-electron chi connectivity index (χ3n) is 3.54. The Morgan fingerprint density at radius 1 is 1.43 bits per heavy atom. The molecule has 0 saturated heterocycles. The number of carbonyl (C=O) groups is 1. The zero-order valence-corrected chi connectivity index (χ0v) is 8.92. The Labute approximate surface area is 88.5 Å². The minimum atomic E-state index is -0.0534. The number of fused-ring (bicyclic) bond motifs is 2. The van der Waals surface area contributed by atoms with Gasteiger partial charge in [-0.05, 0) is 43.3 Å². The first kappa shape index (κ1) is 9.81. The van der Waals surface area contributed by atoms with E-state index >= 15 is 0 Å². The molecule has 4 atom stereocenters. The zero-order valence-electron chi connectivity index (χ0n) is 8.10. The molecule has 0 amide bonds. The molecule has 2 saturated carbocycles. The van der Waals surface area contributed by atoms with Crippen LogP contribution in [0.25, 0.3) is 0 Å². The van der Waals surface area contributed by atoms with Gasteiger partial charge in [0.05, 0.1) is 24.2 Å². The molecule has 2 aliphatic rings. The van der Waals surface area contributed by atoms with E-state index in [9.17, 15) is 4.79 Å². The lowest BCUT2D eigenvalue weighted by molar-refractivity contribution is -0.147. The molecular weight excluding hydrogens is 198 g/mol. The Balaban J connectivity index is 2.02. The van der Waals surface area contributed by atoms with E-state index in [0.717, 1.165) is 19.3 Å². The van der Waals surface area contributed by atoms with Gasteiger partial charge in [0.2, 0.25) is 0 Å². The van der Waals surface area contributed by atoms with Crippen LogP contribution < -0.4 is 0 Å². The summed E-state index contributed by atoms with van der Waals surface area (Å²) < 4.78 is 4.78. The normalized spacial score (nSPS) is 39.2. The molecule has 0 radical (unpaired) electrons. The Kier molecular flexibility index (Phi) is 2.66. The summed E-state index contributed by atoms with van der Waals surface area (Å²) >= 11 is 4.60. The summed E-state index contributed by atoms with van der Waals surface area (Å²) in [6.07, 6.45) is 3.00. The van der Waals surface area contributed by atoms with E-state index < -0.39 is 0 Å². The van der Waals surface area contributed by atoms with Gasteiger partial charge in [0.25, 0.3) is 0 Å². The molecule has 0 aliphatic heterocycles. The fourth-order valence-electron chi connectivity index (χ4n) is 2.91. The van der Waals surface area contributed by atoms with Crippen molar-refractivity contribution in [1.82, 2.24) is 0 Å². The SMILES string of the molecule is COC(=O)C1CC2CC1CC2N=C=S. The van der Waals surface area contributed by atoms with Crippen LogP contribution in [0.3, 0.4) is 0 Å². The Hall–Kier alpha value is -0.730. The van der Waals surface area contributed by atoms with E-state index in [0.29, 0.717) is 17.9 Å². The molecule has 4 heteroatoms. The van der Waals surface area contributed by atoms with Crippen LogP contribution in [0.4, 0.5) is 0 Å². The molecular formula is C10H13NO2S. The van der Waals surface area contributed by atoms with Crippen molar-refractivity contribution in [2.45, 2.75) is 25.3 Å². The van der Waals surface area contributed by atoms with E-state index in [1.807, 2.05) is 0 Å². The number of ether oxygens (including phenoxy) is 1. The van der Waals surface area contributed by atoms with Gasteiger partial charge in [-0.3, -0.25) is 4.79 Å². The largest absolute Gasteiger partial charge is 0.469 e. The van der Waals surface area contributed by atoms with Crippen molar-refractivity contribution < 1.29 is 9.53 Å². The highest BCUT2D eigenvalue weighted by Crippen LogP contribution is 2.49. The van der Waals surface area contributed by atoms with Gasteiger partial charge >= 0.3 is 5.97 Å². The Bertz CT molecular complexity index is 298. The minimum absolute atomic E-state index is 0.0534. The highest BCUT2D eigenvalue weighted by molar-refractivity contribution is 7.78. The standard InChI is InChI=1S/C10H13NO2S/c1-13-10(12)8-3-7-2-6(8)4-9(7)11-5-14/h6-9H,2-4H2,1H3. The monoisotopic (exact) mass is 211 g/mol. The smallest absolute Gasteiger partial charge is 0.308 e. The number of rotatable bonds is 2. The molecule has 76 valence electrons. The van der Waals surface area contributed by atoms with Crippen molar-refractivity contribution in [1.29, 1.82) is 0 Å². The van der Waals surface area contributed by atoms with Crippen molar-refractivity contribution in [2.75, 3.05) is 7.11 Å². The molecule has 4 unspecified atom stereocenters. The summed E-state index contributed by atoms with van der Waals surface area (Å²) in [6.45, 7) is 0. The molecule has 0 aromatic carbocycles. The number of aliphatic imine (C=N–C) groups is 1. The summed E-state index contributed by atoms with van der Waals surface area (Å²) in [5.41, 5.74) is 0. The van der Waals surface area contributed by atoms with Gasteiger partial charge in [0.15, 0.2) is 0 Å². The highest BCUT2D eigenvalue weighted by atomic mass is 32.1. The average molecular weight is 211 g/mol. The van der Waals surface area contributed by atoms with Crippen molar-refractivity contribution in [3.8, 4) is 0 Å². The van der Waals surface area contributed by atoms with Gasteiger partial charge < -0.3 is 4.74 Å². The molecule has 3 nitrogen and oxygen atoms in total. The lowest BCUT2D eigenvalue weighted by Crippen LogP contribution is -2.27. The predicted octanol–water partition coefficient (Wildman–Crippen LogP) is 1.68. The second-order valence-electron chi connectivity index (χ2n) is 4.14. The second-order valence-corrected chi connectivity index (χ2v) is 4.33. The van der Waals surface area contributed by atoms with Crippen LogP contribution in [0.2, 0.25) is 0 Å². The number of carbonyl (C=O) groups excluding carboxylic acids is 1. The molecule has 0 N–H and O–H groups in total. The molecule has 0 aromatic heterocycles. The molecule has 2 fully saturated rings. The Morgan fingerprint density at radius 2 is 2.21 bits per heavy atom. The van der Waals surface area contributed by atoms with Gasteiger partial charge in [0.1, 0.15) is 0 Å². The maximum atomic E-state index is 11.4. The van der Waals surface area contributed by atoms with E-state index in [4.69, 9.17) is 4.74 Å². The third-order valence-corrected chi connectivity index (χ3v) is 3.65. The summed E-state index contributed by atoms with van der Waals surface area (Å²) in [4.78, 5) is 15.5. The first-order valence-corrected chi connectivity index (χ1v) is 5.32. The number of esters is 1. The van der Waals surface area contributed by atoms with Gasteiger partial charge in [-0.15, -0.1) is 0 Å². The molecule has 0 spiro atoms. The summed E-state index contributed by atoms with van der Waals surface area (Å²) in [5, 5.41) is 2.44. The lowest BCUT2D eigenvalue weighted by Gasteiger charge is -2.22. The average Bonchev–Trinajstić information content (AvgIpc) is 2.76. The van der Waals surface area contributed by atoms with Crippen molar-refractivity contribution in [3.05, 3.63) is 0 Å². The summed E-state index contributed by atoms with van der Waals surface area (Å²) in [7, 11) is 1.46. The van der Waals surface area contributed by atoms with E-state index in [1.54, 1.807) is 0 Å². The van der Waals surface area contributed by atoms with E-state index in [-0.39, 0.29) is 11.9 Å². The maximum absolute atomic E-state index is 11.4. The molecule has 0 aromatic rings. The van der Waals surface area contributed by atoms with Crippen molar-refractivity contribution in [2.24, 2.45) is 22.7 Å². The summed E-state index contributed by atoms with van der Waals surface area (Å²) in [5.74, 6) is 1.05. The van der Waals surface area contributed by atoms with E-state index in [1.165, 1.54) is 7.11 Å². The molecule has 2 bridgehead atoms. The van der Waals surface area contributed by atoms with Gasteiger partial charge in [-0.25, -0.2) is 4.99 Å². The topological polar surface area (TPSA) is 38.7 Å². The first-order valence-electron chi connectivity index (χ1n) is 4.91. The number of nitrogens with zero attached hydrogens (tertiary/aromatic N) is 1. The molecule has 2 aliphatic carbocycles. The fraction of sp³-hybridized carbons (Fsp3) is 0.800. The maximum Gasteiger partial charge on any atom is 0.308 e. The summed E-state index contributed by atoms with van der Waals surface area (Å²) in [6, 6.07) is 0.318. The van der Waals surface area contributed by atoms with Crippen LogP contribution in [-0.4, -0.2) is 24.3 Å². The highest BCUT2D eigenvalue weighted by Gasteiger charge is 2.49. The predicted molar refractivity (Wildman–Crippen MR) is 55.2 cm³/mol. The number of isothiocyanates is 1. The fourth-order valence-corrected chi connectivity index (χ4v) is 3.05. The zero-order chi connectivity index (χ0) is 10.1. The lowest BCUT2D eigenvalue weighted by atomic mass is 9.86. The minimum Gasteiger partial charge on any atom is -0.469 e. The van der Waals surface area contributed by atoms with Gasteiger partial charge in [0, 0.05) is 0 Å². The number of hydrogen-bond donors (Lipinski definition) is 0. The van der Waals surface area contributed by atoms with Crippen LogP contribution in [0.5, 0.6) is 0 Å². The van der Waals surface area contributed by atoms with Crippen molar-refractivity contribution in [3.63, 3.8) is 0 Å². The van der Waals surface area contributed by atoms with Crippen molar-refractivity contribution >= 4 is 23.3 Å². The van der Waals surface area contributed by atoms with Crippen LogP contribution >= 0.6 is 12.2 Å². The number of thiocarbonyl (C=S) groups is 1. The van der Waals surface area contributed by atoms with Crippen LogP contribution in [-0.2, 0) is 9.53 Å². The van der Waals surface area contributed by atoms with Crippen LogP contribution in [0.15, 0.2) is 4.99 Å². The van der Waals surface area contributed by atoms with Gasteiger partial charge in [-0.2, -0.15) is 0 Å². The Morgan fingerprint density at radius 3 is 2.71 bits per heavy atom. The second kappa shape index (κ2) is 3.79. The quantitative estimate of drug-likeness (QED) is 0.396. The first-order chi connectivity index (χ1) is 6.76. The third kappa shape index (κ3) is 1.49. The van der Waals surface area contributed by atoms with Gasteiger partial charge in [-0.1, -0.05) is 0 Å². The van der Waals surface area contributed by atoms with E-state index in [2.05, 4.69) is 22.4 Å². The molecule has 0 heterocycles. The molecule has 2 rings (SSSR count). The van der Waals surface area contributed by atoms with Crippen LogP contribution in [0, 0.1) is 17.8 Å².